The van der Waals surface area contributed by atoms with Crippen molar-refractivity contribution in [3.8, 4) is 0 Å². The fourth-order valence-electron chi connectivity index (χ4n) is 1.42. The number of nitrogens with zero attached hydrogens (tertiary/aromatic N) is 3. The molecule has 0 atom stereocenters. The van der Waals surface area contributed by atoms with Crippen LogP contribution in [0.2, 0.25) is 0 Å². The second kappa shape index (κ2) is 4.04. The summed E-state index contributed by atoms with van der Waals surface area (Å²) in [6.45, 7) is 6.46. The summed E-state index contributed by atoms with van der Waals surface area (Å²) in [5, 5.41) is 4.45. The van der Waals surface area contributed by atoms with Crippen molar-refractivity contribution in [1.82, 2.24) is 15.0 Å². The molecule has 0 radical (unpaired) electrons. The van der Waals surface area contributed by atoms with Crippen LogP contribution < -0.4 is 5.32 Å². The fraction of sp³-hybridized carbons (Fsp3) is 0.417. The van der Waals surface area contributed by atoms with Gasteiger partial charge in [0.1, 0.15) is 12.1 Å². The van der Waals surface area contributed by atoms with Crippen LogP contribution in [0.3, 0.4) is 0 Å². The van der Waals surface area contributed by atoms with Gasteiger partial charge in [0.2, 0.25) is 0 Å². The average Bonchev–Trinajstić information content (AvgIpc) is 2.29. The number of pyridine rings is 1. The van der Waals surface area contributed by atoms with Crippen LogP contribution in [0, 0.1) is 0 Å². The molecular weight excluding hydrogens is 200 g/mol. The Morgan fingerprint density at radius 1 is 1.31 bits per heavy atom. The Labute approximate surface area is 95.1 Å². The maximum atomic E-state index is 4.29. The van der Waals surface area contributed by atoms with Crippen molar-refractivity contribution in [1.29, 1.82) is 0 Å². The zero-order valence-corrected chi connectivity index (χ0v) is 9.86. The van der Waals surface area contributed by atoms with Crippen LogP contribution in [-0.4, -0.2) is 20.5 Å². The van der Waals surface area contributed by atoms with E-state index in [0.29, 0.717) is 0 Å². The number of hydrogen-bond acceptors (Lipinski definition) is 4. The molecule has 0 unspecified atom stereocenters. The van der Waals surface area contributed by atoms with Crippen molar-refractivity contribution >= 4 is 16.7 Å². The van der Waals surface area contributed by atoms with E-state index in [1.807, 2.05) is 6.07 Å². The van der Waals surface area contributed by atoms with Crippen LogP contribution in [0.4, 0.5) is 5.82 Å². The molecule has 2 rings (SSSR count). The Morgan fingerprint density at radius 3 is 2.88 bits per heavy atom. The Bertz CT molecular complexity index is 488. The minimum atomic E-state index is 0.0323. The van der Waals surface area contributed by atoms with Crippen LogP contribution in [0.5, 0.6) is 0 Å². The molecule has 0 saturated carbocycles. The van der Waals surface area contributed by atoms with Gasteiger partial charge < -0.3 is 5.32 Å². The Morgan fingerprint density at radius 2 is 2.12 bits per heavy atom. The van der Waals surface area contributed by atoms with Crippen molar-refractivity contribution in [2.45, 2.75) is 32.7 Å². The van der Waals surface area contributed by atoms with Gasteiger partial charge in [-0.15, -0.1) is 0 Å². The van der Waals surface area contributed by atoms with Crippen LogP contribution >= 0.6 is 0 Å². The monoisotopic (exact) mass is 216 g/mol. The Kier molecular flexibility index (Phi) is 2.73. The van der Waals surface area contributed by atoms with Gasteiger partial charge in [-0.2, -0.15) is 0 Å². The lowest BCUT2D eigenvalue weighted by Crippen LogP contribution is -2.30. The lowest BCUT2D eigenvalue weighted by Gasteiger charge is -2.25. The average molecular weight is 216 g/mol. The van der Waals surface area contributed by atoms with Gasteiger partial charge in [-0.25, -0.2) is 9.97 Å². The highest BCUT2D eigenvalue weighted by Crippen LogP contribution is 2.22. The van der Waals surface area contributed by atoms with Crippen LogP contribution in [0.1, 0.15) is 27.2 Å². The summed E-state index contributed by atoms with van der Waals surface area (Å²) in [5.74, 6) is 0.874. The minimum Gasteiger partial charge on any atom is -0.365 e. The van der Waals surface area contributed by atoms with Crippen molar-refractivity contribution in [2.24, 2.45) is 0 Å². The second-order valence-corrected chi connectivity index (χ2v) is 4.48. The summed E-state index contributed by atoms with van der Waals surface area (Å²) in [5.41, 5.74) is 0.900. The van der Waals surface area contributed by atoms with E-state index in [4.69, 9.17) is 0 Å². The molecule has 1 N–H and O–H groups in total. The third kappa shape index (κ3) is 2.10. The summed E-state index contributed by atoms with van der Waals surface area (Å²) in [4.78, 5) is 12.5. The first-order chi connectivity index (χ1) is 7.62. The predicted molar refractivity (Wildman–Crippen MR) is 65.3 cm³/mol. The van der Waals surface area contributed by atoms with Crippen molar-refractivity contribution < 1.29 is 0 Å². The molecule has 2 heterocycles. The molecule has 2 aromatic rings. The Balaban J connectivity index is 2.45. The summed E-state index contributed by atoms with van der Waals surface area (Å²) >= 11 is 0. The van der Waals surface area contributed by atoms with Gasteiger partial charge in [0.25, 0.3) is 0 Å². The standard InChI is InChI=1S/C12H16N4/c1-4-12(2,3)16-11-9-5-6-13-7-10(9)14-8-15-11/h5-8H,4H2,1-3H3,(H,14,15,16). The van der Waals surface area contributed by atoms with Gasteiger partial charge >= 0.3 is 0 Å². The molecule has 0 saturated heterocycles. The summed E-state index contributed by atoms with van der Waals surface area (Å²) < 4.78 is 0. The molecule has 4 heteroatoms. The number of nitrogens with one attached hydrogen (secondary N) is 1. The topological polar surface area (TPSA) is 50.7 Å². The van der Waals surface area contributed by atoms with Crippen LogP contribution in [0.15, 0.2) is 24.8 Å². The highest BCUT2D eigenvalue weighted by atomic mass is 15.1. The largest absolute Gasteiger partial charge is 0.365 e. The van der Waals surface area contributed by atoms with Crippen molar-refractivity contribution in [3.63, 3.8) is 0 Å². The molecule has 0 aromatic carbocycles. The van der Waals surface area contributed by atoms with Gasteiger partial charge in [-0.05, 0) is 26.3 Å². The molecular formula is C12H16N4. The van der Waals surface area contributed by atoms with Crippen molar-refractivity contribution in [3.05, 3.63) is 24.8 Å². The summed E-state index contributed by atoms with van der Waals surface area (Å²) in [6, 6.07) is 1.93. The molecule has 0 aliphatic heterocycles. The number of aromatic nitrogens is 3. The summed E-state index contributed by atoms with van der Waals surface area (Å²) in [6.07, 6.45) is 6.11. The van der Waals surface area contributed by atoms with E-state index in [0.717, 1.165) is 23.1 Å². The first kappa shape index (κ1) is 10.8. The normalized spacial score (nSPS) is 11.7. The maximum absolute atomic E-state index is 4.29. The smallest absolute Gasteiger partial charge is 0.137 e. The summed E-state index contributed by atoms with van der Waals surface area (Å²) in [7, 11) is 0. The van der Waals surface area contributed by atoms with Gasteiger partial charge in [-0.1, -0.05) is 6.92 Å². The molecule has 16 heavy (non-hydrogen) atoms. The van der Waals surface area contributed by atoms with E-state index in [1.54, 1.807) is 18.7 Å². The van der Waals surface area contributed by atoms with Crippen molar-refractivity contribution in [2.75, 3.05) is 5.32 Å². The molecule has 0 aliphatic rings. The van der Waals surface area contributed by atoms with E-state index >= 15 is 0 Å². The third-order valence-corrected chi connectivity index (χ3v) is 2.78. The van der Waals surface area contributed by atoms with E-state index in [9.17, 15) is 0 Å². The van der Waals surface area contributed by atoms with Crippen LogP contribution in [0.25, 0.3) is 10.9 Å². The zero-order valence-electron chi connectivity index (χ0n) is 9.86. The lowest BCUT2D eigenvalue weighted by molar-refractivity contribution is 0.545. The maximum Gasteiger partial charge on any atom is 0.137 e. The molecule has 0 aliphatic carbocycles. The van der Waals surface area contributed by atoms with E-state index in [-0.39, 0.29) is 5.54 Å². The van der Waals surface area contributed by atoms with E-state index in [2.05, 4.69) is 41.0 Å². The zero-order chi connectivity index (χ0) is 11.6. The molecule has 0 fully saturated rings. The lowest BCUT2D eigenvalue weighted by atomic mass is 10.0. The first-order valence-electron chi connectivity index (χ1n) is 5.45. The minimum absolute atomic E-state index is 0.0323. The molecule has 0 spiro atoms. The number of fused-ring (bicyclic) bond motifs is 1. The Hall–Kier alpha value is -1.71. The fourth-order valence-corrected chi connectivity index (χ4v) is 1.42. The predicted octanol–water partition coefficient (Wildman–Crippen LogP) is 2.63. The second-order valence-electron chi connectivity index (χ2n) is 4.48. The van der Waals surface area contributed by atoms with E-state index in [1.165, 1.54) is 0 Å². The molecule has 0 amide bonds. The van der Waals surface area contributed by atoms with Gasteiger partial charge in [0.15, 0.2) is 0 Å². The molecule has 2 aromatic heterocycles. The van der Waals surface area contributed by atoms with Gasteiger partial charge in [-0.3, -0.25) is 4.98 Å². The molecule has 4 nitrogen and oxygen atoms in total. The van der Waals surface area contributed by atoms with Gasteiger partial charge in [0.05, 0.1) is 11.7 Å². The highest BCUT2D eigenvalue weighted by molar-refractivity contribution is 5.88. The molecule has 0 bridgehead atoms. The molecule has 84 valence electrons. The SMILES string of the molecule is CCC(C)(C)Nc1ncnc2cnccc12. The third-order valence-electron chi connectivity index (χ3n) is 2.78. The highest BCUT2D eigenvalue weighted by Gasteiger charge is 2.16. The van der Waals surface area contributed by atoms with E-state index < -0.39 is 0 Å². The number of rotatable bonds is 3. The van der Waals surface area contributed by atoms with Gasteiger partial charge in [0, 0.05) is 17.1 Å². The number of anilines is 1. The van der Waals surface area contributed by atoms with Crippen LogP contribution in [-0.2, 0) is 0 Å². The number of hydrogen-bond donors (Lipinski definition) is 1. The quantitative estimate of drug-likeness (QED) is 0.856. The first-order valence-corrected chi connectivity index (χ1v) is 5.45.